The van der Waals surface area contributed by atoms with Crippen LogP contribution in [0.4, 0.5) is 5.69 Å². The van der Waals surface area contributed by atoms with Crippen molar-refractivity contribution in [1.82, 2.24) is 0 Å². The Kier molecular flexibility index (Phi) is 1.63. The number of rotatable bonds is 0. The zero-order valence-corrected chi connectivity index (χ0v) is 6.58. The first kappa shape index (κ1) is 6.82. The first-order chi connectivity index (χ1) is 5.36. The minimum atomic E-state index is -0.232. The van der Waals surface area contributed by atoms with Crippen LogP contribution in [0, 0.1) is 0 Å². The van der Waals surface area contributed by atoms with Crippen molar-refractivity contribution in [2.75, 3.05) is 0 Å². The molecule has 0 fully saturated rings. The normalized spacial score (nSPS) is 21.4. The highest BCUT2D eigenvalue weighted by Gasteiger charge is 2.11. The molecule has 1 heterocycles. The van der Waals surface area contributed by atoms with Crippen molar-refractivity contribution in [2.45, 2.75) is 10.4 Å². The Bertz CT molecular complexity index is 297. The zero-order chi connectivity index (χ0) is 7.68. The number of benzene rings is 1. The van der Waals surface area contributed by atoms with Crippen molar-refractivity contribution in [1.29, 1.82) is 0 Å². The summed E-state index contributed by atoms with van der Waals surface area (Å²) >= 11 is 1.53. The van der Waals surface area contributed by atoms with Crippen LogP contribution < -0.4 is 5.73 Å². The Balaban J connectivity index is 2.46. The summed E-state index contributed by atoms with van der Waals surface area (Å²) in [5.74, 6) is 0. The second kappa shape index (κ2) is 2.64. The number of thioether (sulfide) groups is 1. The van der Waals surface area contributed by atoms with Crippen LogP contribution in [0.15, 0.2) is 39.4 Å². The minimum absolute atomic E-state index is 0.232. The lowest BCUT2D eigenvalue weighted by molar-refractivity contribution is 0.883. The van der Waals surface area contributed by atoms with Crippen LogP contribution in [0.1, 0.15) is 0 Å². The van der Waals surface area contributed by atoms with Gasteiger partial charge in [-0.3, -0.25) is 5.73 Å². The minimum Gasteiger partial charge on any atom is -0.299 e. The van der Waals surface area contributed by atoms with Gasteiger partial charge in [0.2, 0.25) is 0 Å². The number of nitrogens with two attached hydrogens (primary N) is 1. The number of hydrogen-bond donors (Lipinski definition) is 1. The molecule has 0 saturated heterocycles. The van der Waals surface area contributed by atoms with E-state index >= 15 is 0 Å². The van der Waals surface area contributed by atoms with Crippen molar-refractivity contribution in [3.63, 3.8) is 0 Å². The van der Waals surface area contributed by atoms with Gasteiger partial charge in [-0.2, -0.15) is 10.2 Å². The van der Waals surface area contributed by atoms with Crippen molar-refractivity contribution >= 4 is 17.4 Å². The molecule has 11 heavy (non-hydrogen) atoms. The van der Waals surface area contributed by atoms with Gasteiger partial charge in [0, 0.05) is 4.90 Å². The Morgan fingerprint density at radius 3 is 3.09 bits per heavy atom. The molecular formula is C7H7N3S. The van der Waals surface area contributed by atoms with Gasteiger partial charge < -0.3 is 0 Å². The van der Waals surface area contributed by atoms with Crippen LogP contribution >= 0.6 is 11.8 Å². The van der Waals surface area contributed by atoms with E-state index in [0.29, 0.717) is 0 Å². The van der Waals surface area contributed by atoms with Crippen molar-refractivity contribution < 1.29 is 0 Å². The second-order valence-corrected chi connectivity index (χ2v) is 3.35. The van der Waals surface area contributed by atoms with Crippen LogP contribution in [0.5, 0.6) is 0 Å². The van der Waals surface area contributed by atoms with E-state index < -0.39 is 0 Å². The highest BCUT2D eigenvalue weighted by molar-refractivity contribution is 8.00. The van der Waals surface area contributed by atoms with E-state index in [0.717, 1.165) is 10.6 Å². The summed E-state index contributed by atoms with van der Waals surface area (Å²) < 4.78 is 0. The predicted octanol–water partition coefficient (Wildman–Crippen LogP) is 2.12. The molecule has 1 atom stereocenters. The third-order valence-corrected chi connectivity index (χ3v) is 2.33. The monoisotopic (exact) mass is 165 g/mol. The molecule has 0 spiro atoms. The van der Waals surface area contributed by atoms with Gasteiger partial charge in [-0.05, 0) is 12.1 Å². The number of hydrogen-bond acceptors (Lipinski definition) is 4. The lowest BCUT2D eigenvalue weighted by atomic mass is 10.3. The Morgan fingerprint density at radius 2 is 2.18 bits per heavy atom. The van der Waals surface area contributed by atoms with Crippen LogP contribution in [0.3, 0.4) is 0 Å². The number of fused-ring (bicyclic) bond motifs is 1. The topological polar surface area (TPSA) is 50.7 Å². The molecule has 1 unspecified atom stereocenters. The summed E-state index contributed by atoms with van der Waals surface area (Å²) in [6.07, 6.45) is 0. The second-order valence-electron chi connectivity index (χ2n) is 2.19. The zero-order valence-electron chi connectivity index (χ0n) is 5.77. The summed E-state index contributed by atoms with van der Waals surface area (Å²) in [5.41, 5.74) is 6.24. The first-order valence-electron chi connectivity index (χ1n) is 3.28. The van der Waals surface area contributed by atoms with Gasteiger partial charge in [0.25, 0.3) is 0 Å². The highest BCUT2D eigenvalue weighted by Crippen LogP contribution is 2.35. The Hall–Kier alpha value is -0.870. The lowest BCUT2D eigenvalue weighted by Gasteiger charge is -2.11. The van der Waals surface area contributed by atoms with E-state index in [4.69, 9.17) is 5.73 Å². The van der Waals surface area contributed by atoms with Crippen molar-refractivity contribution in [3.05, 3.63) is 24.3 Å². The SMILES string of the molecule is NC1N=Nc2ccccc2S1. The molecule has 2 N–H and O–H groups in total. The molecule has 1 aliphatic rings. The van der Waals surface area contributed by atoms with Crippen molar-refractivity contribution in [3.8, 4) is 0 Å². The largest absolute Gasteiger partial charge is 0.299 e. The quantitative estimate of drug-likeness (QED) is 0.640. The fourth-order valence-electron chi connectivity index (χ4n) is 0.912. The Labute approximate surface area is 68.7 Å². The van der Waals surface area contributed by atoms with Gasteiger partial charge in [0.05, 0.1) is 5.69 Å². The van der Waals surface area contributed by atoms with Gasteiger partial charge in [-0.1, -0.05) is 23.9 Å². The molecule has 1 aliphatic heterocycles. The molecular weight excluding hydrogens is 158 g/mol. The van der Waals surface area contributed by atoms with Gasteiger partial charge in [0.1, 0.15) is 0 Å². The molecule has 1 aromatic rings. The number of azo groups is 1. The fraction of sp³-hybridized carbons (Fsp3) is 0.143. The van der Waals surface area contributed by atoms with Crippen molar-refractivity contribution in [2.24, 2.45) is 16.0 Å². The molecule has 0 aliphatic carbocycles. The average molecular weight is 165 g/mol. The van der Waals surface area contributed by atoms with E-state index in [1.165, 1.54) is 11.8 Å². The molecule has 0 radical (unpaired) electrons. The average Bonchev–Trinajstić information content (AvgIpc) is 2.04. The molecule has 3 nitrogen and oxygen atoms in total. The van der Waals surface area contributed by atoms with E-state index in [1.807, 2.05) is 24.3 Å². The lowest BCUT2D eigenvalue weighted by Crippen LogP contribution is -2.12. The van der Waals surface area contributed by atoms with Gasteiger partial charge in [-0.25, -0.2) is 0 Å². The molecule has 56 valence electrons. The number of nitrogens with zero attached hydrogens (tertiary/aromatic N) is 2. The smallest absolute Gasteiger partial charge is 0.170 e. The van der Waals surface area contributed by atoms with E-state index in [1.54, 1.807) is 0 Å². The molecule has 0 aromatic heterocycles. The molecule has 0 bridgehead atoms. The van der Waals surface area contributed by atoms with E-state index in [2.05, 4.69) is 10.2 Å². The summed E-state index contributed by atoms with van der Waals surface area (Å²) in [5, 5.41) is 7.79. The fourth-order valence-corrected chi connectivity index (χ4v) is 1.65. The van der Waals surface area contributed by atoms with Crippen LogP contribution in [-0.4, -0.2) is 5.50 Å². The molecule has 2 rings (SSSR count). The summed E-state index contributed by atoms with van der Waals surface area (Å²) in [6, 6.07) is 7.84. The Morgan fingerprint density at radius 1 is 1.36 bits per heavy atom. The maximum absolute atomic E-state index is 5.55. The summed E-state index contributed by atoms with van der Waals surface area (Å²) in [4.78, 5) is 1.11. The summed E-state index contributed by atoms with van der Waals surface area (Å²) in [7, 11) is 0. The van der Waals surface area contributed by atoms with Gasteiger partial charge in [-0.15, -0.1) is 0 Å². The molecule has 1 aromatic carbocycles. The third-order valence-electron chi connectivity index (χ3n) is 1.39. The maximum Gasteiger partial charge on any atom is 0.170 e. The third kappa shape index (κ3) is 1.27. The molecule has 0 saturated carbocycles. The van der Waals surface area contributed by atoms with Crippen LogP contribution in [-0.2, 0) is 0 Å². The first-order valence-corrected chi connectivity index (χ1v) is 4.16. The predicted molar refractivity (Wildman–Crippen MR) is 44.8 cm³/mol. The van der Waals surface area contributed by atoms with E-state index in [9.17, 15) is 0 Å². The molecule has 4 heteroatoms. The standard InChI is InChI=1S/C7H7N3S/c8-7-10-9-5-3-1-2-4-6(5)11-7/h1-4,7H,8H2. The maximum atomic E-state index is 5.55. The molecule has 0 amide bonds. The van der Waals surface area contributed by atoms with Gasteiger partial charge >= 0.3 is 0 Å². The van der Waals surface area contributed by atoms with E-state index in [-0.39, 0.29) is 5.50 Å². The van der Waals surface area contributed by atoms with Gasteiger partial charge in [0.15, 0.2) is 5.50 Å². The van der Waals surface area contributed by atoms with Crippen LogP contribution in [0.2, 0.25) is 0 Å². The highest BCUT2D eigenvalue weighted by atomic mass is 32.2. The van der Waals surface area contributed by atoms with Crippen LogP contribution in [0.25, 0.3) is 0 Å². The summed E-state index contributed by atoms with van der Waals surface area (Å²) in [6.45, 7) is 0.